The van der Waals surface area contributed by atoms with E-state index in [1.165, 1.54) is 12.3 Å². The summed E-state index contributed by atoms with van der Waals surface area (Å²) < 4.78 is 0. The van der Waals surface area contributed by atoms with Crippen molar-refractivity contribution in [1.82, 2.24) is 4.98 Å². The highest BCUT2D eigenvalue weighted by Gasteiger charge is 2.09. The monoisotopic (exact) mass is 244 g/mol. The first-order valence-electron chi connectivity index (χ1n) is 5.17. The smallest absolute Gasteiger partial charge is 0.260 e. The molecule has 0 bridgehead atoms. The van der Waals surface area contributed by atoms with Gasteiger partial charge in [0, 0.05) is 6.20 Å². The molecule has 0 aliphatic rings. The zero-order valence-corrected chi connectivity index (χ0v) is 9.44. The average Bonchev–Trinajstić information content (AvgIpc) is 2.33. The summed E-state index contributed by atoms with van der Waals surface area (Å²) in [6.45, 7) is 0. The molecule has 6 nitrogen and oxygen atoms in total. The Balaban J connectivity index is 2.57. The maximum Gasteiger partial charge on any atom is 0.260 e. The summed E-state index contributed by atoms with van der Waals surface area (Å²) in [6.07, 6.45) is 1.49. The number of aromatic nitrogens is 1. The van der Waals surface area contributed by atoms with E-state index in [2.05, 4.69) is 4.98 Å². The first-order valence-corrected chi connectivity index (χ1v) is 5.17. The molecule has 7 N–H and O–H groups in total. The van der Waals surface area contributed by atoms with Crippen LogP contribution in [0.3, 0.4) is 0 Å². The number of primary amides is 1. The Labute approximate surface area is 102 Å². The predicted octanol–water partition coefficient (Wildman–Crippen LogP) is 0.305. The molecular formula is C12H12N4O2. The molecule has 0 spiro atoms. The van der Waals surface area contributed by atoms with Crippen LogP contribution in [0.15, 0.2) is 35.3 Å². The summed E-state index contributed by atoms with van der Waals surface area (Å²) in [5, 5.41) is 0. The van der Waals surface area contributed by atoms with E-state index in [-0.39, 0.29) is 5.56 Å². The van der Waals surface area contributed by atoms with E-state index in [0.29, 0.717) is 16.9 Å². The number of carbonyl (C=O) groups excluding carboxylic acids is 1. The molecule has 0 aliphatic carbocycles. The van der Waals surface area contributed by atoms with Crippen LogP contribution in [0.5, 0.6) is 0 Å². The number of pyridine rings is 1. The van der Waals surface area contributed by atoms with Crippen molar-refractivity contribution < 1.29 is 4.79 Å². The number of rotatable bonds is 2. The Kier molecular flexibility index (Phi) is 2.77. The van der Waals surface area contributed by atoms with Gasteiger partial charge in [0.1, 0.15) is 5.56 Å². The van der Waals surface area contributed by atoms with Gasteiger partial charge < -0.3 is 22.2 Å². The Hall–Kier alpha value is -2.76. The second-order valence-electron chi connectivity index (χ2n) is 3.84. The van der Waals surface area contributed by atoms with Crippen LogP contribution in [0.4, 0.5) is 11.4 Å². The van der Waals surface area contributed by atoms with Gasteiger partial charge in [-0.3, -0.25) is 9.59 Å². The number of hydrogen-bond acceptors (Lipinski definition) is 4. The highest BCUT2D eigenvalue weighted by atomic mass is 16.2. The second-order valence-corrected chi connectivity index (χ2v) is 3.84. The molecule has 0 aliphatic heterocycles. The molecule has 2 rings (SSSR count). The lowest BCUT2D eigenvalue weighted by atomic mass is 10.0. The molecule has 0 fully saturated rings. The molecule has 6 heteroatoms. The number of amides is 1. The lowest BCUT2D eigenvalue weighted by Crippen LogP contribution is -2.23. The summed E-state index contributed by atoms with van der Waals surface area (Å²) in [7, 11) is 0. The molecule has 18 heavy (non-hydrogen) atoms. The molecule has 0 unspecified atom stereocenters. The Bertz CT molecular complexity index is 676. The van der Waals surface area contributed by atoms with E-state index in [4.69, 9.17) is 17.2 Å². The van der Waals surface area contributed by atoms with Crippen molar-refractivity contribution >= 4 is 17.3 Å². The average molecular weight is 244 g/mol. The summed E-state index contributed by atoms with van der Waals surface area (Å²) in [6, 6.07) is 6.48. The van der Waals surface area contributed by atoms with Crippen molar-refractivity contribution in [3.8, 4) is 11.1 Å². The molecular weight excluding hydrogens is 232 g/mol. The number of carbonyl (C=O) groups is 1. The summed E-state index contributed by atoms with van der Waals surface area (Å²) in [5.74, 6) is -0.776. The molecule has 0 atom stereocenters. The summed E-state index contributed by atoms with van der Waals surface area (Å²) >= 11 is 0. The molecule has 1 aromatic heterocycles. The molecule has 1 heterocycles. The zero-order valence-electron chi connectivity index (χ0n) is 9.44. The minimum absolute atomic E-state index is 0.0945. The fourth-order valence-corrected chi connectivity index (χ4v) is 1.59. The Morgan fingerprint density at radius 1 is 1.06 bits per heavy atom. The first-order chi connectivity index (χ1) is 8.49. The number of nitrogen functional groups attached to an aromatic ring is 2. The van der Waals surface area contributed by atoms with E-state index < -0.39 is 11.5 Å². The van der Waals surface area contributed by atoms with Gasteiger partial charge >= 0.3 is 0 Å². The molecule has 0 saturated carbocycles. The number of aromatic amines is 1. The number of anilines is 2. The lowest BCUT2D eigenvalue weighted by molar-refractivity contribution is 0.0999. The third-order valence-electron chi connectivity index (χ3n) is 2.59. The molecule has 0 saturated heterocycles. The van der Waals surface area contributed by atoms with E-state index in [0.717, 1.165) is 5.56 Å². The van der Waals surface area contributed by atoms with Crippen molar-refractivity contribution in [1.29, 1.82) is 0 Å². The number of H-pyrrole nitrogens is 1. The van der Waals surface area contributed by atoms with Crippen LogP contribution >= 0.6 is 0 Å². The quantitative estimate of drug-likeness (QED) is 0.566. The Morgan fingerprint density at radius 2 is 1.78 bits per heavy atom. The SMILES string of the molecule is NC(=O)c1cc(-c2ccc(N)c(N)c2)c[nH]c1=O. The van der Waals surface area contributed by atoms with Gasteiger partial charge in [-0.1, -0.05) is 6.07 Å². The van der Waals surface area contributed by atoms with Crippen LogP contribution in [0.2, 0.25) is 0 Å². The van der Waals surface area contributed by atoms with Gasteiger partial charge in [0.25, 0.3) is 11.5 Å². The lowest BCUT2D eigenvalue weighted by Gasteiger charge is -2.06. The first kappa shape index (κ1) is 11.7. The standard InChI is InChI=1S/C12H12N4O2/c13-9-2-1-6(4-10(9)14)7-3-8(11(15)17)12(18)16-5-7/h1-5H,13-14H2,(H2,15,17)(H,16,18). The van der Waals surface area contributed by atoms with Crippen LogP contribution in [-0.2, 0) is 0 Å². The van der Waals surface area contributed by atoms with Gasteiger partial charge in [-0.25, -0.2) is 0 Å². The van der Waals surface area contributed by atoms with Crippen LogP contribution in [0.1, 0.15) is 10.4 Å². The van der Waals surface area contributed by atoms with Gasteiger partial charge in [-0.05, 0) is 29.3 Å². The van der Waals surface area contributed by atoms with Gasteiger partial charge in [0.2, 0.25) is 0 Å². The molecule has 92 valence electrons. The molecule has 1 amide bonds. The van der Waals surface area contributed by atoms with Crippen molar-refractivity contribution in [2.45, 2.75) is 0 Å². The maximum absolute atomic E-state index is 11.4. The van der Waals surface area contributed by atoms with E-state index in [1.54, 1.807) is 18.2 Å². The number of hydrogen-bond donors (Lipinski definition) is 4. The second kappa shape index (κ2) is 4.25. The largest absolute Gasteiger partial charge is 0.397 e. The minimum Gasteiger partial charge on any atom is -0.397 e. The van der Waals surface area contributed by atoms with Gasteiger partial charge in [-0.2, -0.15) is 0 Å². The highest BCUT2D eigenvalue weighted by molar-refractivity contribution is 5.93. The van der Waals surface area contributed by atoms with Gasteiger partial charge in [-0.15, -0.1) is 0 Å². The van der Waals surface area contributed by atoms with E-state index in [1.807, 2.05) is 0 Å². The topological polar surface area (TPSA) is 128 Å². The van der Waals surface area contributed by atoms with E-state index in [9.17, 15) is 9.59 Å². The molecule has 1 aromatic carbocycles. The minimum atomic E-state index is -0.776. The normalized spacial score (nSPS) is 10.2. The summed E-state index contributed by atoms with van der Waals surface area (Å²) in [5.41, 5.74) is 18.1. The molecule has 2 aromatic rings. The van der Waals surface area contributed by atoms with Gasteiger partial charge in [0.05, 0.1) is 11.4 Å². The number of nitrogens with two attached hydrogens (primary N) is 3. The predicted molar refractivity (Wildman–Crippen MR) is 69.8 cm³/mol. The van der Waals surface area contributed by atoms with Crippen LogP contribution in [-0.4, -0.2) is 10.9 Å². The van der Waals surface area contributed by atoms with Crippen LogP contribution in [0, 0.1) is 0 Å². The number of nitrogens with one attached hydrogen (secondary N) is 1. The van der Waals surface area contributed by atoms with E-state index >= 15 is 0 Å². The summed E-state index contributed by atoms with van der Waals surface area (Å²) in [4.78, 5) is 24.9. The van der Waals surface area contributed by atoms with Crippen molar-refractivity contribution in [3.05, 3.63) is 46.4 Å². The fraction of sp³-hybridized carbons (Fsp3) is 0. The van der Waals surface area contributed by atoms with Crippen molar-refractivity contribution in [2.24, 2.45) is 5.73 Å². The highest BCUT2D eigenvalue weighted by Crippen LogP contribution is 2.24. The van der Waals surface area contributed by atoms with Crippen molar-refractivity contribution in [2.75, 3.05) is 11.5 Å². The maximum atomic E-state index is 11.4. The molecule has 0 radical (unpaired) electrons. The van der Waals surface area contributed by atoms with Gasteiger partial charge in [0.15, 0.2) is 0 Å². The third kappa shape index (κ3) is 2.03. The fourth-order valence-electron chi connectivity index (χ4n) is 1.59. The van der Waals surface area contributed by atoms with Crippen LogP contribution in [0.25, 0.3) is 11.1 Å². The van der Waals surface area contributed by atoms with Crippen LogP contribution < -0.4 is 22.8 Å². The number of benzene rings is 1. The van der Waals surface area contributed by atoms with Crippen molar-refractivity contribution in [3.63, 3.8) is 0 Å². The third-order valence-corrected chi connectivity index (χ3v) is 2.59. The Morgan fingerprint density at radius 3 is 2.39 bits per heavy atom. The zero-order chi connectivity index (χ0) is 13.3.